The van der Waals surface area contributed by atoms with E-state index in [2.05, 4.69) is 120 Å². The van der Waals surface area contributed by atoms with Crippen molar-refractivity contribution >= 4 is 0 Å². The predicted molar refractivity (Wildman–Crippen MR) is 225 cm³/mol. The maximum Gasteiger partial charge on any atom is 0.179 e. The topological polar surface area (TPSA) is 57.1 Å². The lowest BCUT2D eigenvalue weighted by molar-refractivity contribution is 0.361. The lowest BCUT2D eigenvalue weighted by atomic mass is 9.68. The Morgan fingerprint density at radius 3 is 1.75 bits per heavy atom. The highest BCUT2D eigenvalue weighted by molar-refractivity contribution is 5.92. The summed E-state index contributed by atoms with van der Waals surface area (Å²) < 4.78 is 14.0. The van der Waals surface area contributed by atoms with E-state index in [0.29, 0.717) is 28.8 Å². The normalized spacial score (nSPS) is 13.0. The van der Waals surface area contributed by atoms with Gasteiger partial charge in [-0.1, -0.05) is 152 Å². The Bertz CT molecular complexity index is 2910. The summed E-state index contributed by atoms with van der Waals surface area (Å²) in [4.78, 5) is 14.9. The molecule has 2 aliphatic rings. The van der Waals surface area contributed by atoms with Crippen molar-refractivity contribution in [2.45, 2.75) is 5.41 Å². The predicted octanol–water partition coefficient (Wildman–Crippen LogP) is 12.8. The Hall–Kier alpha value is -7.63. The van der Waals surface area contributed by atoms with Gasteiger partial charge in [-0.05, 0) is 70.3 Å². The molecule has 7 aromatic carbocycles. The monoisotopic (exact) mass is 731 g/mol. The second-order valence-electron chi connectivity index (χ2n) is 14.3. The summed E-state index contributed by atoms with van der Waals surface area (Å²) in [5, 5.41) is 0. The minimum absolute atomic E-state index is 0.567. The number of pyridine rings is 1. The number of hydrogen-bond acceptors (Lipinski definition) is 5. The largest absolute Gasteiger partial charge is 0.449 e. The fourth-order valence-corrected chi connectivity index (χ4v) is 8.61. The SMILES string of the molecule is c1ccc(-c2nc(-c3cccc(-c4ccccn4)c3)cc(-c3cccc4c3Oc3c(ccc5c3-c3ccccc3C5(c3ccccc3)c3ccccc3)O4)n2)cc1. The molecule has 0 atom stereocenters. The van der Waals surface area contributed by atoms with Gasteiger partial charge in [0.1, 0.15) is 0 Å². The van der Waals surface area contributed by atoms with Gasteiger partial charge < -0.3 is 9.47 Å². The van der Waals surface area contributed by atoms with Crippen LogP contribution >= 0.6 is 0 Å². The standard InChI is InChI=1S/C52H33N3O2/c1-4-16-34(17-5-1)51-54-44(36-19-14-18-35(32-36)43-27-12-13-31-53-43)33-45(55-51)40-25-15-28-46-49(40)57-50-47(56-46)30-29-42-48(50)39-24-10-11-26-41(39)52(42,37-20-6-2-7-21-37)38-22-8-3-9-23-38/h1-33H. The van der Waals surface area contributed by atoms with Crippen LogP contribution in [0.3, 0.4) is 0 Å². The lowest BCUT2D eigenvalue weighted by Gasteiger charge is -2.34. The van der Waals surface area contributed by atoms with Gasteiger partial charge >= 0.3 is 0 Å². The molecule has 0 saturated carbocycles. The first-order valence-electron chi connectivity index (χ1n) is 19.1. The minimum Gasteiger partial charge on any atom is -0.449 e. The van der Waals surface area contributed by atoms with E-state index in [-0.39, 0.29) is 0 Å². The fourth-order valence-electron chi connectivity index (χ4n) is 8.61. The van der Waals surface area contributed by atoms with Crippen LogP contribution in [0.25, 0.3) is 56.3 Å². The average molecular weight is 732 g/mol. The zero-order valence-electron chi connectivity index (χ0n) is 30.7. The smallest absolute Gasteiger partial charge is 0.179 e. The Kier molecular flexibility index (Phi) is 7.64. The van der Waals surface area contributed by atoms with Crippen molar-refractivity contribution in [3.63, 3.8) is 0 Å². The first-order valence-corrected chi connectivity index (χ1v) is 19.1. The molecule has 0 unspecified atom stereocenters. The van der Waals surface area contributed by atoms with Gasteiger partial charge in [-0.15, -0.1) is 0 Å². The highest BCUT2D eigenvalue weighted by atomic mass is 16.6. The maximum absolute atomic E-state index is 7.20. The van der Waals surface area contributed by atoms with E-state index in [1.54, 1.807) is 0 Å². The molecular weight excluding hydrogens is 699 g/mol. The fraction of sp³-hybridized carbons (Fsp3) is 0.0192. The van der Waals surface area contributed by atoms with Gasteiger partial charge in [0, 0.05) is 34.0 Å². The first-order chi connectivity index (χ1) is 28.3. The van der Waals surface area contributed by atoms with Crippen LogP contribution in [-0.2, 0) is 5.41 Å². The van der Waals surface area contributed by atoms with Crippen molar-refractivity contribution in [1.29, 1.82) is 0 Å². The third-order valence-electron chi connectivity index (χ3n) is 11.1. The van der Waals surface area contributed by atoms with Gasteiger partial charge in [-0.3, -0.25) is 4.98 Å². The van der Waals surface area contributed by atoms with Crippen molar-refractivity contribution in [1.82, 2.24) is 15.0 Å². The number of benzene rings is 7. The molecule has 0 bridgehead atoms. The summed E-state index contributed by atoms with van der Waals surface area (Å²) >= 11 is 0. The quantitative estimate of drug-likeness (QED) is 0.170. The van der Waals surface area contributed by atoms with E-state index in [0.717, 1.165) is 56.0 Å². The van der Waals surface area contributed by atoms with E-state index in [1.165, 1.54) is 16.7 Å². The first kappa shape index (κ1) is 32.8. The molecule has 5 heteroatoms. The molecule has 9 aromatic rings. The van der Waals surface area contributed by atoms with Crippen LogP contribution in [-0.4, -0.2) is 15.0 Å². The summed E-state index contributed by atoms with van der Waals surface area (Å²) in [6, 6.07) is 66.9. The van der Waals surface area contributed by atoms with Crippen LogP contribution in [0.4, 0.5) is 0 Å². The van der Waals surface area contributed by atoms with Crippen LogP contribution < -0.4 is 9.47 Å². The molecule has 0 saturated heterocycles. The van der Waals surface area contributed by atoms with Crippen molar-refractivity contribution in [3.8, 4) is 79.3 Å². The molecule has 57 heavy (non-hydrogen) atoms. The van der Waals surface area contributed by atoms with Crippen LogP contribution in [0.15, 0.2) is 200 Å². The number of para-hydroxylation sites is 1. The second-order valence-corrected chi connectivity index (χ2v) is 14.3. The minimum atomic E-state index is -0.567. The zero-order valence-corrected chi connectivity index (χ0v) is 30.7. The van der Waals surface area contributed by atoms with E-state index in [9.17, 15) is 0 Å². The third kappa shape index (κ3) is 5.28. The van der Waals surface area contributed by atoms with Gasteiger partial charge in [-0.25, -0.2) is 9.97 Å². The molecule has 5 nitrogen and oxygen atoms in total. The molecule has 1 aliphatic heterocycles. The van der Waals surface area contributed by atoms with E-state index in [1.807, 2.05) is 85.1 Å². The number of aromatic nitrogens is 3. The van der Waals surface area contributed by atoms with Crippen molar-refractivity contribution in [2.75, 3.05) is 0 Å². The number of rotatable bonds is 6. The Labute approximate surface area is 330 Å². The third-order valence-corrected chi connectivity index (χ3v) is 11.1. The van der Waals surface area contributed by atoms with Crippen molar-refractivity contribution in [3.05, 3.63) is 223 Å². The zero-order chi connectivity index (χ0) is 37.8. The van der Waals surface area contributed by atoms with Gasteiger partial charge in [-0.2, -0.15) is 0 Å². The molecule has 1 aliphatic carbocycles. The molecule has 0 fully saturated rings. The molecule has 11 rings (SSSR count). The summed E-state index contributed by atoms with van der Waals surface area (Å²) in [5.41, 5.74) is 12.4. The molecule has 0 radical (unpaired) electrons. The van der Waals surface area contributed by atoms with E-state index in [4.69, 9.17) is 19.4 Å². The molecule has 0 amide bonds. The van der Waals surface area contributed by atoms with Crippen LogP contribution in [0, 0.1) is 0 Å². The molecular formula is C52H33N3O2. The highest BCUT2D eigenvalue weighted by Gasteiger charge is 2.48. The van der Waals surface area contributed by atoms with Crippen molar-refractivity contribution < 1.29 is 9.47 Å². The van der Waals surface area contributed by atoms with Crippen LogP contribution in [0.1, 0.15) is 22.3 Å². The Balaban J connectivity index is 1.10. The number of nitrogens with zero attached hydrogens (tertiary/aromatic N) is 3. The summed E-state index contributed by atoms with van der Waals surface area (Å²) in [5.74, 6) is 3.21. The highest BCUT2D eigenvalue weighted by Crippen LogP contribution is 2.62. The average Bonchev–Trinajstić information content (AvgIpc) is 3.61. The molecule has 0 N–H and O–H groups in total. The molecule has 0 spiro atoms. The molecule has 268 valence electrons. The number of ether oxygens (including phenoxy) is 2. The van der Waals surface area contributed by atoms with E-state index >= 15 is 0 Å². The summed E-state index contributed by atoms with van der Waals surface area (Å²) in [6.45, 7) is 0. The van der Waals surface area contributed by atoms with Crippen LogP contribution in [0.2, 0.25) is 0 Å². The van der Waals surface area contributed by atoms with Gasteiger partial charge in [0.05, 0.1) is 22.5 Å². The number of fused-ring (bicyclic) bond motifs is 6. The van der Waals surface area contributed by atoms with Crippen molar-refractivity contribution in [2.24, 2.45) is 0 Å². The Morgan fingerprint density at radius 1 is 0.386 bits per heavy atom. The molecule has 2 aromatic heterocycles. The van der Waals surface area contributed by atoms with Gasteiger partial charge in [0.2, 0.25) is 0 Å². The number of hydrogen-bond donors (Lipinski definition) is 0. The Morgan fingerprint density at radius 2 is 1.00 bits per heavy atom. The summed E-state index contributed by atoms with van der Waals surface area (Å²) in [7, 11) is 0. The van der Waals surface area contributed by atoms with Gasteiger partial charge in [0.25, 0.3) is 0 Å². The molecule has 3 heterocycles. The lowest BCUT2D eigenvalue weighted by Crippen LogP contribution is -2.28. The maximum atomic E-state index is 7.20. The van der Waals surface area contributed by atoms with Crippen LogP contribution in [0.5, 0.6) is 23.0 Å². The summed E-state index contributed by atoms with van der Waals surface area (Å²) in [6.07, 6.45) is 1.81. The van der Waals surface area contributed by atoms with Gasteiger partial charge in [0.15, 0.2) is 28.8 Å². The van der Waals surface area contributed by atoms with E-state index < -0.39 is 5.41 Å². The second kappa shape index (κ2) is 13.3.